The highest BCUT2D eigenvalue weighted by Crippen LogP contribution is 2.22. The fourth-order valence-corrected chi connectivity index (χ4v) is 3.17. The molecule has 1 aromatic carbocycles. The van der Waals surface area contributed by atoms with Gasteiger partial charge in [-0.05, 0) is 30.7 Å². The van der Waals surface area contributed by atoms with Gasteiger partial charge in [-0.15, -0.1) is 0 Å². The Labute approximate surface area is 176 Å². The molecule has 8 nitrogen and oxygen atoms in total. The van der Waals surface area contributed by atoms with Gasteiger partial charge in [-0.3, -0.25) is 14.5 Å². The summed E-state index contributed by atoms with van der Waals surface area (Å²) in [6.45, 7) is 0.280. The van der Waals surface area contributed by atoms with Gasteiger partial charge in [-0.1, -0.05) is 21.1 Å². The summed E-state index contributed by atoms with van der Waals surface area (Å²) in [6, 6.07) is 7.58. The number of anilines is 1. The molecule has 4 rings (SSSR count). The molecule has 4 aromatic rings. The lowest BCUT2D eigenvalue weighted by atomic mass is 10.1. The Morgan fingerprint density at radius 2 is 1.87 bits per heavy atom. The summed E-state index contributed by atoms with van der Waals surface area (Å²) in [5.74, 6) is -1.14. The molecule has 3 aromatic heterocycles. The molecule has 2 N–H and O–H groups in total. The molecule has 0 amide bonds. The second-order valence-corrected chi connectivity index (χ2v) is 7.10. The van der Waals surface area contributed by atoms with Crippen molar-refractivity contribution in [2.75, 3.05) is 11.9 Å². The Hall–Kier alpha value is -3.47. The number of rotatable bonds is 6. The molecule has 0 saturated heterocycles. The highest BCUT2D eigenvalue weighted by Gasteiger charge is 2.11. The first-order valence-corrected chi connectivity index (χ1v) is 9.51. The third kappa shape index (κ3) is 4.40. The second-order valence-electron chi connectivity index (χ2n) is 6.19. The number of halogens is 3. The zero-order valence-corrected chi connectivity index (χ0v) is 16.8. The van der Waals surface area contributed by atoms with E-state index in [0.717, 1.165) is 0 Å². The molecule has 30 heavy (non-hydrogen) atoms. The molecule has 0 saturated carbocycles. The molecular weight excluding hydrogens is 462 g/mol. The van der Waals surface area contributed by atoms with Crippen molar-refractivity contribution in [3.63, 3.8) is 0 Å². The first-order chi connectivity index (χ1) is 14.5. The largest absolute Gasteiger partial charge is 0.439 e. The molecule has 0 spiro atoms. The first-order valence-electron chi connectivity index (χ1n) is 8.72. The average Bonchev–Trinajstić information content (AvgIpc) is 3.17. The number of benzene rings is 1. The van der Waals surface area contributed by atoms with Gasteiger partial charge in [0.25, 0.3) is 0 Å². The summed E-state index contributed by atoms with van der Waals surface area (Å²) in [4.78, 5) is 26.0. The number of aromatic amines is 1. The average molecular weight is 475 g/mol. The second kappa shape index (κ2) is 8.49. The van der Waals surface area contributed by atoms with E-state index in [-0.39, 0.29) is 24.4 Å². The summed E-state index contributed by atoms with van der Waals surface area (Å²) in [7, 11) is 0. The lowest BCUT2D eigenvalue weighted by Crippen LogP contribution is -2.09. The number of aromatic nitrogens is 5. The van der Waals surface area contributed by atoms with E-state index in [1.807, 2.05) is 0 Å². The van der Waals surface area contributed by atoms with Crippen molar-refractivity contribution in [1.82, 2.24) is 25.1 Å². The number of hydrogen-bond donors (Lipinski definition) is 2. The highest BCUT2D eigenvalue weighted by atomic mass is 79.9. The van der Waals surface area contributed by atoms with Gasteiger partial charge in [0.05, 0.1) is 5.69 Å². The summed E-state index contributed by atoms with van der Waals surface area (Å²) in [6.07, 6.45) is 3.10. The topological polar surface area (TPSA) is 110 Å². The zero-order valence-electron chi connectivity index (χ0n) is 15.2. The van der Waals surface area contributed by atoms with Crippen LogP contribution in [0, 0.1) is 11.6 Å². The van der Waals surface area contributed by atoms with Crippen LogP contribution in [0.2, 0.25) is 0 Å². The van der Waals surface area contributed by atoms with E-state index in [4.69, 9.17) is 0 Å². The van der Waals surface area contributed by atoms with Crippen molar-refractivity contribution < 1.29 is 13.3 Å². The minimum absolute atomic E-state index is 0.00525. The number of pyridine rings is 1. The zero-order chi connectivity index (χ0) is 21.1. The summed E-state index contributed by atoms with van der Waals surface area (Å²) < 4.78 is 32.6. The lowest BCUT2D eigenvalue weighted by Gasteiger charge is -2.09. The van der Waals surface area contributed by atoms with Crippen LogP contribution in [0.5, 0.6) is 0 Å². The molecule has 0 aliphatic rings. The molecule has 0 aliphatic carbocycles. The Morgan fingerprint density at radius 3 is 2.53 bits per heavy atom. The Bertz CT molecular complexity index is 1220. The van der Waals surface area contributed by atoms with E-state index in [0.29, 0.717) is 27.2 Å². The van der Waals surface area contributed by atoms with Crippen LogP contribution in [0.15, 0.2) is 56.6 Å². The fraction of sp³-hybridized carbons (Fsp3) is 0.105. The standard InChI is InChI=1S/C19H13BrF2N6O2/c20-11-5-13(21)12(14(22)6-11)3-4-23-17-7-16(25-9-26-17)10-1-2-15(24-8-10)18-27-19(29)30-28-18/h1-2,5-9H,3-4H2,(H,23,25,26)(H,27,28,29). The van der Waals surface area contributed by atoms with Crippen molar-refractivity contribution in [1.29, 1.82) is 0 Å². The molecule has 11 heteroatoms. The normalized spacial score (nSPS) is 10.9. The Kier molecular flexibility index (Phi) is 5.61. The quantitative estimate of drug-likeness (QED) is 0.439. The Balaban J connectivity index is 1.45. The first kappa shape index (κ1) is 19.8. The van der Waals surface area contributed by atoms with Gasteiger partial charge in [-0.2, -0.15) is 0 Å². The molecule has 0 atom stereocenters. The highest BCUT2D eigenvalue weighted by molar-refractivity contribution is 9.10. The molecule has 152 valence electrons. The number of H-pyrrole nitrogens is 1. The predicted molar refractivity (Wildman–Crippen MR) is 108 cm³/mol. The third-order valence-corrected chi connectivity index (χ3v) is 4.65. The van der Waals surface area contributed by atoms with Gasteiger partial charge in [-0.25, -0.2) is 23.5 Å². The van der Waals surface area contributed by atoms with Crippen LogP contribution in [-0.4, -0.2) is 31.6 Å². The van der Waals surface area contributed by atoms with Crippen LogP contribution < -0.4 is 11.1 Å². The molecule has 3 heterocycles. The van der Waals surface area contributed by atoms with Crippen molar-refractivity contribution >= 4 is 21.7 Å². The van der Waals surface area contributed by atoms with Crippen molar-refractivity contribution in [2.45, 2.75) is 6.42 Å². The predicted octanol–water partition coefficient (Wildman–Crippen LogP) is 3.58. The maximum atomic E-state index is 13.9. The van der Waals surface area contributed by atoms with Crippen molar-refractivity contribution in [3.8, 4) is 22.8 Å². The van der Waals surface area contributed by atoms with Gasteiger partial charge in [0.15, 0.2) is 0 Å². The number of hydrogen-bond acceptors (Lipinski definition) is 7. The summed E-state index contributed by atoms with van der Waals surface area (Å²) >= 11 is 3.06. The summed E-state index contributed by atoms with van der Waals surface area (Å²) in [5, 5.41) is 6.61. The van der Waals surface area contributed by atoms with E-state index in [9.17, 15) is 13.6 Å². The van der Waals surface area contributed by atoms with Gasteiger partial charge >= 0.3 is 5.76 Å². The number of nitrogens with zero attached hydrogens (tertiary/aromatic N) is 4. The van der Waals surface area contributed by atoms with E-state index < -0.39 is 17.4 Å². The van der Waals surface area contributed by atoms with Gasteiger partial charge in [0.1, 0.15) is 29.5 Å². The minimum atomic E-state index is -0.662. The minimum Gasteiger partial charge on any atom is -0.370 e. The van der Waals surface area contributed by atoms with E-state index in [1.54, 1.807) is 24.4 Å². The fourth-order valence-electron chi connectivity index (χ4n) is 2.76. The lowest BCUT2D eigenvalue weighted by molar-refractivity contribution is 0.387. The molecule has 0 bridgehead atoms. The van der Waals surface area contributed by atoms with E-state index in [2.05, 4.69) is 50.9 Å². The van der Waals surface area contributed by atoms with Crippen LogP contribution in [0.1, 0.15) is 5.56 Å². The summed E-state index contributed by atoms with van der Waals surface area (Å²) in [5.41, 5.74) is 1.75. The van der Waals surface area contributed by atoms with Gasteiger partial charge in [0.2, 0.25) is 5.82 Å². The van der Waals surface area contributed by atoms with Gasteiger partial charge < -0.3 is 5.32 Å². The maximum absolute atomic E-state index is 13.9. The molecule has 0 radical (unpaired) electrons. The molecule has 0 unspecified atom stereocenters. The van der Waals surface area contributed by atoms with Crippen molar-refractivity contribution in [2.24, 2.45) is 0 Å². The molecule has 0 fully saturated rings. The molecular formula is C19H13BrF2N6O2. The van der Waals surface area contributed by atoms with Crippen LogP contribution in [0.25, 0.3) is 22.8 Å². The van der Waals surface area contributed by atoms with Gasteiger partial charge in [0, 0.05) is 34.4 Å². The van der Waals surface area contributed by atoms with Crippen LogP contribution in [0.3, 0.4) is 0 Å². The Morgan fingerprint density at radius 1 is 1.07 bits per heavy atom. The van der Waals surface area contributed by atoms with E-state index in [1.165, 1.54) is 18.5 Å². The van der Waals surface area contributed by atoms with Crippen LogP contribution >= 0.6 is 15.9 Å². The SMILES string of the molecule is O=c1[nH]c(-c2ccc(-c3cc(NCCc4c(F)cc(Br)cc4F)ncn3)cn2)no1. The monoisotopic (exact) mass is 474 g/mol. The third-order valence-electron chi connectivity index (χ3n) is 4.20. The molecule has 0 aliphatic heterocycles. The maximum Gasteiger partial charge on any atom is 0.439 e. The van der Waals surface area contributed by atoms with Crippen LogP contribution in [-0.2, 0) is 6.42 Å². The van der Waals surface area contributed by atoms with Crippen molar-refractivity contribution in [3.05, 3.63) is 75.1 Å². The number of nitrogens with one attached hydrogen (secondary N) is 2. The smallest absolute Gasteiger partial charge is 0.370 e. The van der Waals surface area contributed by atoms with Crippen LogP contribution in [0.4, 0.5) is 14.6 Å². The van der Waals surface area contributed by atoms with E-state index >= 15 is 0 Å².